The van der Waals surface area contributed by atoms with Crippen molar-refractivity contribution in [2.75, 3.05) is 13.1 Å². The molecule has 1 atom stereocenters. The molecule has 3 heteroatoms. The van der Waals surface area contributed by atoms with Crippen molar-refractivity contribution in [1.29, 1.82) is 0 Å². The van der Waals surface area contributed by atoms with Gasteiger partial charge < -0.3 is 4.98 Å². The second-order valence-electron chi connectivity index (χ2n) is 8.73. The summed E-state index contributed by atoms with van der Waals surface area (Å²) in [7, 11) is 0. The van der Waals surface area contributed by atoms with Crippen LogP contribution in [-0.2, 0) is 6.42 Å². The van der Waals surface area contributed by atoms with Crippen molar-refractivity contribution in [2.24, 2.45) is 0 Å². The van der Waals surface area contributed by atoms with E-state index in [4.69, 9.17) is 0 Å². The molecule has 0 radical (unpaired) electrons. The first-order valence-corrected chi connectivity index (χ1v) is 9.96. The number of aromatic nitrogens is 1. The summed E-state index contributed by atoms with van der Waals surface area (Å²) in [5.41, 5.74) is 5.13. The van der Waals surface area contributed by atoms with E-state index in [0.717, 1.165) is 13.0 Å². The molecule has 0 bridgehead atoms. The molecule has 0 spiro atoms. The Morgan fingerprint density at radius 1 is 1.11 bits per heavy atom. The van der Waals surface area contributed by atoms with E-state index in [1.807, 2.05) is 0 Å². The van der Waals surface area contributed by atoms with Crippen molar-refractivity contribution in [3.8, 4) is 0 Å². The van der Waals surface area contributed by atoms with Crippen LogP contribution in [-0.4, -0.2) is 28.6 Å². The van der Waals surface area contributed by atoms with Crippen LogP contribution in [0.15, 0.2) is 48.5 Å². The van der Waals surface area contributed by atoms with Crippen LogP contribution in [0.1, 0.15) is 62.0 Å². The summed E-state index contributed by atoms with van der Waals surface area (Å²) in [5, 5.41) is 1.30. The number of halogens is 1. The van der Waals surface area contributed by atoms with Crippen LogP contribution in [0.5, 0.6) is 0 Å². The van der Waals surface area contributed by atoms with Crippen LogP contribution in [0.2, 0.25) is 0 Å². The van der Waals surface area contributed by atoms with Gasteiger partial charge in [-0.3, -0.25) is 4.90 Å². The summed E-state index contributed by atoms with van der Waals surface area (Å²) in [6.07, 6.45) is 0.954. The number of benzene rings is 2. The quantitative estimate of drug-likeness (QED) is 0.603. The molecule has 0 saturated heterocycles. The molecule has 2 nitrogen and oxygen atoms in total. The monoisotopic (exact) mass is 364 g/mol. The third-order valence-corrected chi connectivity index (χ3v) is 5.63. The fourth-order valence-electron chi connectivity index (χ4n) is 4.38. The molecular formula is C24H29FN2. The highest BCUT2D eigenvalue weighted by molar-refractivity contribution is 5.85. The highest BCUT2D eigenvalue weighted by Crippen LogP contribution is 2.39. The summed E-state index contributed by atoms with van der Waals surface area (Å²) in [6, 6.07) is 17.4. The number of fused-ring (bicyclic) bond motifs is 3. The molecule has 1 aliphatic heterocycles. The number of aromatic amines is 1. The molecule has 4 rings (SSSR count). The predicted octanol–water partition coefficient (Wildman–Crippen LogP) is 5.99. The van der Waals surface area contributed by atoms with Gasteiger partial charge in [-0.1, -0.05) is 56.3 Å². The van der Waals surface area contributed by atoms with Gasteiger partial charge >= 0.3 is 0 Å². The number of para-hydroxylation sites is 1. The average molecular weight is 365 g/mol. The maximum Gasteiger partial charge on any atom is 0.118 e. The number of nitrogens with one attached hydrogen (secondary N) is 1. The molecule has 1 unspecified atom stereocenters. The molecule has 0 saturated carbocycles. The number of alkyl halides is 1. The van der Waals surface area contributed by atoms with Crippen LogP contribution in [0.4, 0.5) is 4.39 Å². The van der Waals surface area contributed by atoms with Gasteiger partial charge in [0.05, 0.1) is 6.04 Å². The summed E-state index contributed by atoms with van der Waals surface area (Å²) in [4.78, 5) is 5.95. The van der Waals surface area contributed by atoms with E-state index >= 15 is 0 Å². The number of hydrogen-bond acceptors (Lipinski definition) is 1. The Morgan fingerprint density at radius 3 is 2.48 bits per heavy atom. The Kier molecular flexibility index (Phi) is 4.59. The number of nitrogens with zero attached hydrogens (tertiary/aromatic N) is 1. The Balaban J connectivity index is 1.82. The fourth-order valence-corrected chi connectivity index (χ4v) is 4.38. The summed E-state index contributed by atoms with van der Waals surface area (Å²) in [5.74, 6) is 0.509. The van der Waals surface area contributed by atoms with Gasteiger partial charge in [0.25, 0.3) is 0 Å². The van der Waals surface area contributed by atoms with Gasteiger partial charge in [0, 0.05) is 29.7 Å². The van der Waals surface area contributed by atoms with Crippen LogP contribution in [0.25, 0.3) is 10.9 Å². The van der Waals surface area contributed by atoms with Crippen molar-refractivity contribution in [1.82, 2.24) is 9.88 Å². The van der Waals surface area contributed by atoms with Gasteiger partial charge in [-0.05, 0) is 48.9 Å². The van der Waals surface area contributed by atoms with Gasteiger partial charge in [0.15, 0.2) is 0 Å². The smallest absolute Gasteiger partial charge is 0.118 e. The molecule has 2 heterocycles. The lowest BCUT2D eigenvalue weighted by molar-refractivity contribution is 0.0988. The van der Waals surface area contributed by atoms with E-state index in [9.17, 15) is 4.39 Å². The van der Waals surface area contributed by atoms with Crippen molar-refractivity contribution in [3.05, 3.63) is 70.9 Å². The minimum atomic E-state index is -1.22. The zero-order valence-corrected chi connectivity index (χ0v) is 16.7. The Hall–Kier alpha value is -2.13. The third kappa shape index (κ3) is 3.53. The second kappa shape index (κ2) is 6.79. The molecule has 3 aromatic rings. The van der Waals surface area contributed by atoms with Crippen molar-refractivity contribution in [2.45, 2.75) is 51.7 Å². The van der Waals surface area contributed by atoms with E-state index < -0.39 is 5.67 Å². The minimum Gasteiger partial charge on any atom is -0.357 e. The molecule has 1 aromatic heterocycles. The van der Waals surface area contributed by atoms with Gasteiger partial charge in [0.1, 0.15) is 5.67 Å². The highest BCUT2D eigenvalue weighted by atomic mass is 19.1. The Labute approximate surface area is 161 Å². The summed E-state index contributed by atoms with van der Waals surface area (Å²) in [6.45, 7) is 9.07. The lowest BCUT2D eigenvalue weighted by atomic mass is 9.90. The molecule has 2 aromatic carbocycles. The lowest BCUT2D eigenvalue weighted by Gasteiger charge is -2.38. The van der Waals surface area contributed by atoms with Crippen LogP contribution >= 0.6 is 0 Å². The molecule has 142 valence electrons. The first kappa shape index (κ1) is 18.2. The Morgan fingerprint density at radius 2 is 1.81 bits per heavy atom. The first-order valence-electron chi connectivity index (χ1n) is 9.96. The molecule has 0 aliphatic carbocycles. The van der Waals surface area contributed by atoms with E-state index in [2.05, 4.69) is 72.3 Å². The molecule has 27 heavy (non-hydrogen) atoms. The molecule has 0 fully saturated rings. The highest BCUT2D eigenvalue weighted by Gasteiger charge is 2.34. The van der Waals surface area contributed by atoms with Crippen LogP contribution < -0.4 is 0 Å². The molecule has 1 N–H and O–H groups in total. The lowest BCUT2D eigenvalue weighted by Crippen LogP contribution is -2.42. The normalized spacial score (nSPS) is 18.2. The van der Waals surface area contributed by atoms with Gasteiger partial charge in [-0.2, -0.15) is 0 Å². The number of hydrogen-bond donors (Lipinski definition) is 1. The zero-order chi connectivity index (χ0) is 19.2. The standard InChI is InChI=1S/C24H29FN2/c1-16(2)17-9-11-18(12-10-17)23-22-20(13-14-27(23)15-24(3,4)25)19-7-5-6-8-21(19)26-22/h5-12,16,23,26H,13-15H2,1-4H3. The van der Waals surface area contributed by atoms with E-state index in [1.54, 1.807) is 13.8 Å². The van der Waals surface area contributed by atoms with E-state index in [-0.39, 0.29) is 6.04 Å². The Bertz CT molecular complexity index is 931. The number of H-pyrrole nitrogens is 1. The maximum absolute atomic E-state index is 14.6. The minimum absolute atomic E-state index is 0.0670. The molecule has 0 amide bonds. The van der Waals surface area contributed by atoms with Crippen molar-refractivity contribution >= 4 is 10.9 Å². The summed E-state index contributed by atoms with van der Waals surface area (Å²) >= 11 is 0. The number of rotatable bonds is 4. The second-order valence-corrected chi connectivity index (χ2v) is 8.73. The van der Waals surface area contributed by atoms with Gasteiger partial charge in [0.2, 0.25) is 0 Å². The topological polar surface area (TPSA) is 19.0 Å². The summed E-state index contributed by atoms with van der Waals surface area (Å²) < 4.78 is 14.6. The largest absolute Gasteiger partial charge is 0.357 e. The zero-order valence-electron chi connectivity index (χ0n) is 16.7. The van der Waals surface area contributed by atoms with Crippen LogP contribution in [0.3, 0.4) is 0 Å². The van der Waals surface area contributed by atoms with Crippen LogP contribution in [0, 0.1) is 0 Å². The first-order chi connectivity index (χ1) is 12.8. The maximum atomic E-state index is 14.6. The van der Waals surface area contributed by atoms with E-state index in [1.165, 1.54) is 33.3 Å². The predicted molar refractivity (Wildman–Crippen MR) is 111 cm³/mol. The third-order valence-electron chi connectivity index (χ3n) is 5.63. The van der Waals surface area contributed by atoms with Gasteiger partial charge in [-0.15, -0.1) is 0 Å². The fraction of sp³-hybridized carbons (Fsp3) is 0.417. The van der Waals surface area contributed by atoms with Crippen molar-refractivity contribution < 1.29 is 4.39 Å². The molecular weight excluding hydrogens is 335 g/mol. The SMILES string of the molecule is CC(C)c1ccc(C2c3[nH]c4ccccc4c3CCN2CC(C)(C)F)cc1. The van der Waals surface area contributed by atoms with Gasteiger partial charge in [-0.25, -0.2) is 4.39 Å². The van der Waals surface area contributed by atoms with E-state index in [0.29, 0.717) is 12.5 Å². The van der Waals surface area contributed by atoms with Crippen molar-refractivity contribution in [3.63, 3.8) is 0 Å². The molecule has 1 aliphatic rings. The average Bonchev–Trinajstić information content (AvgIpc) is 2.99.